The summed E-state index contributed by atoms with van der Waals surface area (Å²) in [6.07, 6.45) is 0.0396. The zero-order valence-electron chi connectivity index (χ0n) is 11.7. The Labute approximate surface area is 115 Å². The van der Waals surface area contributed by atoms with E-state index in [4.69, 9.17) is 0 Å². The lowest BCUT2D eigenvalue weighted by Crippen LogP contribution is -2.31. The summed E-state index contributed by atoms with van der Waals surface area (Å²) in [5.41, 5.74) is 1.01. The number of sulfone groups is 1. The third-order valence-corrected chi connectivity index (χ3v) is 4.81. The number of amides is 1. The van der Waals surface area contributed by atoms with Gasteiger partial charge in [0, 0.05) is 19.5 Å². The smallest absolute Gasteiger partial charge is 0.223 e. The number of carbonyl (C=O) groups is 1. The molecule has 0 N–H and O–H groups in total. The lowest BCUT2D eigenvalue weighted by Gasteiger charge is -2.18. The highest BCUT2D eigenvalue weighted by Gasteiger charge is 2.18. The maximum Gasteiger partial charge on any atom is 0.223 e. The average Bonchev–Trinajstić information content (AvgIpc) is 2.38. The van der Waals surface area contributed by atoms with Crippen LogP contribution in [0.15, 0.2) is 29.2 Å². The number of rotatable bonds is 6. The summed E-state index contributed by atoms with van der Waals surface area (Å²) in [6, 6.07) is 6.71. The molecule has 0 saturated heterocycles. The van der Waals surface area contributed by atoms with Gasteiger partial charge in [-0.25, -0.2) is 8.42 Å². The van der Waals surface area contributed by atoms with Crippen LogP contribution in [0.4, 0.5) is 0 Å². The predicted molar refractivity (Wildman–Crippen MR) is 75.8 cm³/mol. The molecule has 0 fully saturated rings. The first kappa shape index (κ1) is 15.7. The second-order valence-electron chi connectivity index (χ2n) is 4.45. The predicted octanol–water partition coefficient (Wildman–Crippen LogP) is 2.03. The van der Waals surface area contributed by atoms with E-state index in [1.807, 2.05) is 20.8 Å². The Morgan fingerprint density at radius 3 is 2.11 bits per heavy atom. The molecule has 4 nitrogen and oxygen atoms in total. The quantitative estimate of drug-likeness (QED) is 0.802. The number of hydrogen-bond acceptors (Lipinski definition) is 3. The molecule has 106 valence electrons. The van der Waals surface area contributed by atoms with E-state index in [1.165, 1.54) is 0 Å². The molecule has 1 aromatic carbocycles. The largest absolute Gasteiger partial charge is 0.343 e. The number of benzene rings is 1. The molecule has 0 heterocycles. The van der Waals surface area contributed by atoms with Crippen LogP contribution < -0.4 is 0 Å². The lowest BCUT2D eigenvalue weighted by molar-refractivity contribution is -0.130. The molecule has 0 atom stereocenters. The minimum absolute atomic E-state index is 0.0396. The van der Waals surface area contributed by atoms with Crippen molar-refractivity contribution in [2.24, 2.45) is 0 Å². The van der Waals surface area contributed by atoms with Crippen LogP contribution in [-0.4, -0.2) is 38.1 Å². The first-order valence-electron chi connectivity index (χ1n) is 6.48. The van der Waals surface area contributed by atoms with E-state index < -0.39 is 9.84 Å². The van der Waals surface area contributed by atoms with Crippen LogP contribution in [0.25, 0.3) is 0 Å². The van der Waals surface area contributed by atoms with Crippen molar-refractivity contribution < 1.29 is 13.2 Å². The van der Waals surface area contributed by atoms with Crippen molar-refractivity contribution in [3.63, 3.8) is 0 Å². The van der Waals surface area contributed by atoms with E-state index in [0.29, 0.717) is 13.1 Å². The van der Waals surface area contributed by atoms with Crippen LogP contribution in [0.2, 0.25) is 0 Å². The molecule has 0 aliphatic rings. The molecule has 1 amide bonds. The Kier molecular flexibility index (Phi) is 5.54. The van der Waals surface area contributed by atoms with Crippen LogP contribution in [0.5, 0.6) is 0 Å². The van der Waals surface area contributed by atoms with Gasteiger partial charge in [-0.3, -0.25) is 4.79 Å². The van der Waals surface area contributed by atoms with Gasteiger partial charge >= 0.3 is 0 Å². The zero-order valence-corrected chi connectivity index (χ0v) is 12.5. The fraction of sp³-hybridized carbons (Fsp3) is 0.500. The zero-order chi connectivity index (χ0) is 14.5. The van der Waals surface area contributed by atoms with Gasteiger partial charge in [0.1, 0.15) is 0 Å². The second kappa shape index (κ2) is 6.70. The van der Waals surface area contributed by atoms with Gasteiger partial charge in [0.05, 0.1) is 10.6 Å². The van der Waals surface area contributed by atoms with Gasteiger partial charge in [0.25, 0.3) is 0 Å². The van der Waals surface area contributed by atoms with Crippen LogP contribution in [0, 0.1) is 6.92 Å². The Morgan fingerprint density at radius 1 is 1.11 bits per heavy atom. The normalized spacial score (nSPS) is 11.3. The van der Waals surface area contributed by atoms with Gasteiger partial charge < -0.3 is 4.90 Å². The van der Waals surface area contributed by atoms with Crippen molar-refractivity contribution in [3.05, 3.63) is 29.8 Å². The van der Waals surface area contributed by atoms with Crippen LogP contribution in [-0.2, 0) is 14.6 Å². The van der Waals surface area contributed by atoms with Gasteiger partial charge in [0.15, 0.2) is 9.84 Å². The van der Waals surface area contributed by atoms with Gasteiger partial charge in [0.2, 0.25) is 5.91 Å². The number of carbonyl (C=O) groups excluding carboxylic acids is 1. The van der Waals surface area contributed by atoms with Gasteiger partial charge in [-0.2, -0.15) is 0 Å². The highest BCUT2D eigenvalue weighted by atomic mass is 32.2. The van der Waals surface area contributed by atoms with Crippen LogP contribution >= 0.6 is 0 Å². The molecule has 0 spiro atoms. The van der Waals surface area contributed by atoms with Crippen LogP contribution in [0.1, 0.15) is 25.8 Å². The van der Waals surface area contributed by atoms with Crippen molar-refractivity contribution in [1.29, 1.82) is 0 Å². The number of hydrogen-bond donors (Lipinski definition) is 0. The van der Waals surface area contributed by atoms with Crippen LogP contribution in [0.3, 0.4) is 0 Å². The molecule has 0 saturated carbocycles. The summed E-state index contributed by atoms with van der Waals surface area (Å²) in [5, 5.41) is 0. The Balaban J connectivity index is 2.71. The first-order valence-corrected chi connectivity index (χ1v) is 8.13. The third-order valence-electron chi connectivity index (χ3n) is 3.08. The topological polar surface area (TPSA) is 54.5 Å². The first-order chi connectivity index (χ1) is 8.90. The minimum Gasteiger partial charge on any atom is -0.343 e. The molecule has 0 unspecified atom stereocenters. The molecule has 1 aromatic rings. The van der Waals surface area contributed by atoms with E-state index in [-0.39, 0.29) is 23.0 Å². The third kappa shape index (κ3) is 4.35. The number of aryl methyl sites for hydroxylation is 1. The van der Waals surface area contributed by atoms with Crippen molar-refractivity contribution in [3.8, 4) is 0 Å². The highest BCUT2D eigenvalue weighted by molar-refractivity contribution is 7.91. The minimum atomic E-state index is -3.37. The lowest BCUT2D eigenvalue weighted by atomic mass is 10.2. The summed E-state index contributed by atoms with van der Waals surface area (Å²) in [6.45, 7) is 6.89. The second-order valence-corrected chi connectivity index (χ2v) is 6.56. The van der Waals surface area contributed by atoms with Crippen molar-refractivity contribution >= 4 is 15.7 Å². The van der Waals surface area contributed by atoms with Gasteiger partial charge in [-0.1, -0.05) is 17.7 Å². The Morgan fingerprint density at radius 2 is 1.63 bits per heavy atom. The van der Waals surface area contributed by atoms with E-state index in [0.717, 1.165) is 5.56 Å². The Hall–Kier alpha value is -1.36. The molecule has 0 aliphatic carbocycles. The van der Waals surface area contributed by atoms with E-state index in [2.05, 4.69) is 0 Å². The van der Waals surface area contributed by atoms with Crippen molar-refractivity contribution in [2.75, 3.05) is 18.8 Å². The van der Waals surface area contributed by atoms with Gasteiger partial charge in [-0.05, 0) is 32.9 Å². The summed E-state index contributed by atoms with van der Waals surface area (Å²) in [7, 11) is -3.37. The monoisotopic (exact) mass is 283 g/mol. The maximum atomic E-state index is 12.1. The molecular weight excluding hydrogens is 262 g/mol. The summed E-state index contributed by atoms with van der Waals surface area (Å²) in [5.74, 6) is -0.244. The molecule has 0 bridgehead atoms. The SMILES string of the molecule is CCN(CC)C(=O)CCS(=O)(=O)c1ccc(C)cc1. The Bertz CT molecular complexity index is 516. The molecule has 1 rings (SSSR count). The summed E-state index contributed by atoms with van der Waals surface area (Å²) >= 11 is 0. The molecule has 0 aliphatic heterocycles. The van der Waals surface area contributed by atoms with Crippen molar-refractivity contribution in [1.82, 2.24) is 4.90 Å². The molecule has 5 heteroatoms. The van der Waals surface area contributed by atoms with E-state index in [9.17, 15) is 13.2 Å². The molecule has 19 heavy (non-hydrogen) atoms. The summed E-state index contributed by atoms with van der Waals surface area (Å²) in [4.78, 5) is 13.7. The highest BCUT2D eigenvalue weighted by Crippen LogP contribution is 2.13. The summed E-state index contributed by atoms with van der Waals surface area (Å²) < 4.78 is 24.2. The number of nitrogens with zero attached hydrogens (tertiary/aromatic N) is 1. The maximum absolute atomic E-state index is 12.1. The van der Waals surface area contributed by atoms with E-state index >= 15 is 0 Å². The van der Waals surface area contributed by atoms with Crippen molar-refractivity contribution in [2.45, 2.75) is 32.1 Å². The molecule has 0 aromatic heterocycles. The molecular formula is C14H21NO3S. The van der Waals surface area contributed by atoms with Gasteiger partial charge in [-0.15, -0.1) is 0 Å². The fourth-order valence-corrected chi connectivity index (χ4v) is 3.05. The average molecular weight is 283 g/mol. The van der Waals surface area contributed by atoms with E-state index in [1.54, 1.807) is 29.2 Å². The molecule has 0 radical (unpaired) electrons. The standard InChI is InChI=1S/C14H21NO3S/c1-4-15(5-2)14(16)10-11-19(17,18)13-8-6-12(3)7-9-13/h6-9H,4-5,10-11H2,1-3H3. The fourth-order valence-electron chi connectivity index (χ4n) is 1.82.